The highest BCUT2D eigenvalue weighted by Gasteiger charge is 2.40. The molecule has 3 aliphatic rings. The Hall–Kier alpha value is -2.55. The average molecular weight is 432 g/mol. The molecule has 2 heterocycles. The van der Waals surface area contributed by atoms with Crippen molar-refractivity contribution in [3.63, 3.8) is 0 Å². The molecule has 32 heavy (non-hydrogen) atoms. The third-order valence-electron chi connectivity index (χ3n) is 7.33. The summed E-state index contributed by atoms with van der Waals surface area (Å²) in [5.74, 6) is 1.97. The number of likely N-dealkylation sites (tertiary alicyclic amines) is 1. The number of benzene rings is 2. The summed E-state index contributed by atoms with van der Waals surface area (Å²) in [6.45, 7) is 4.94. The molecule has 5 heteroatoms. The smallest absolute Gasteiger partial charge is 0.124 e. The first-order valence-corrected chi connectivity index (χ1v) is 12.1. The normalized spacial score (nSPS) is 24.2. The van der Waals surface area contributed by atoms with Crippen molar-refractivity contribution in [3.05, 3.63) is 59.7 Å². The second kappa shape index (κ2) is 9.52. The van der Waals surface area contributed by atoms with Gasteiger partial charge in [-0.25, -0.2) is 0 Å². The molecule has 1 N–H and O–H groups in total. The standard InChI is InChI=1S/C27H33N3O2/c28-16-20-5-7-22(8-6-20)27(32-26-13-11-25(31)12-14-26)2-1-15-30-23-9-10-24(30)19-29(18-23)17-21-3-4-21/h5-8,11-14,21,23-24,27,31H,1-4,9-10,15,17-19H2. The number of phenols is 1. The molecule has 5 nitrogen and oxygen atoms in total. The molecule has 2 bridgehead atoms. The van der Waals surface area contributed by atoms with Gasteiger partial charge in [-0.3, -0.25) is 9.80 Å². The van der Waals surface area contributed by atoms with Crippen LogP contribution in [0, 0.1) is 17.2 Å². The molecular formula is C27H33N3O2. The number of nitrogens with zero attached hydrogens (tertiary/aromatic N) is 3. The Bertz CT molecular complexity index is 919. The molecule has 0 amide bonds. The van der Waals surface area contributed by atoms with E-state index in [9.17, 15) is 5.11 Å². The minimum atomic E-state index is -0.0684. The van der Waals surface area contributed by atoms with Crippen molar-refractivity contribution >= 4 is 0 Å². The molecule has 0 spiro atoms. The van der Waals surface area contributed by atoms with Gasteiger partial charge in [-0.15, -0.1) is 0 Å². The molecule has 5 rings (SSSR count). The highest BCUT2D eigenvalue weighted by atomic mass is 16.5. The van der Waals surface area contributed by atoms with E-state index in [0.717, 1.165) is 48.7 Å². The van der Waals surface area contributed by atoms with E-state index in [1.54, 1.807) is 12.1 Å². The Morgan fingerprint density at radius 1 is 0.969 bits per heavy atom. The predicted molar refractivity (Wildman–Crippen MR) is 125 cm³/mol. The SMILES string of the molecule is N#Cc1ccc(C(CCCN2C3CCC2CN(CC2CC2)C3)Oc2ccc(O)cc2)cc1. The number of rotatable bonds is 9. The quantitative estimate of drug-likeness (QED) is 0.622. The van der Waals surface area contributed by atoms with E-state index < -0.39 is 0 Å². The molecule has 3 atom stereocenters. The summed E-state index contributed by atoms with van der Waals surface area (Å²) < 4.78 is 6.33. The van der Waals surface area contributed by atoms with Crippen molar-refractivity contribution < 1.29 is 9.84 Å². The Kier molecular flexibility index (Phi) is 6.34. The van der Waals surface area contributed by atoms with Gasteiger partial charge in [0.2, 0.25) is 0 Å². The van der Waals surface area contributed by atoms with Crippen LogP contribution in [0.4, 0.5) is 0 Å². The van der Waals surface area contributed by atoms with Crippen molar-refractivity contribution in [2.45, 2.75) is 56.7 Å². The molecule has 2 aliphatic heterocycles. The zero-order valence-corrected chi connectivity index (χ0v) is 18.7. The largest absolute Gasteiger partial charge is 0.508 e. The van der Waals surface area contributed by atoms with Crippen LogP contribution in [0.25, 0.3) is 0 Å². The number of ether oxygens (including phenoxy) is 1. The van der Waals surface area contributed by atoms with Crippen LogP contribution in [0.2, 0.25) is 0 Å². The van der Waals surface area contributed by atoms with Gasteiger partial charge in [-0.1, -0.05) is 12.1 Å². The van der Waals surface area contributed by atoms with Gasteiger partial charge in [0.25, 0.3) is 0 Å². The molecule has 3 fully saturated rings. The maximum absolute atomic E-state index is 9.58. The zero-order chi connectivity index (χ0) is 21.9. The van der Waals surface area contributed by atoms with E-state index >= 15 is 0 Å². The summed E-state index contributed by atoms with van der Waals surface area (Å²) in [7, 11) is 0. The molecule has 2 saturated heterocycles. The highest BCUT2D eigenvalue weighted by Crippen LogP contribution is 2.35. The van der Waals surface area contributed by atoms with Gasteiger partial charge in [0.1, 0.15) is 17.6 Å². The summed E-state index contributed by atoms with van der Waals surface area (Å²) in [6.07, 6.45) is 7.50. The molecule has 1 saturated carbocycles. The van der Waals surface area contributed by atoms with Crippen LogP contribution < -0.4 is 4.74 Å². The van der Waals surface area contributed by atoms with Gasteiger partial charge in [0.15, 0.2) is 0 Å². The van der Waals surface area contributed by atoms with E-state index in [2.05, 4.69) is 15.9 Å². The lowest BCUT2D eigenvalue weighted by molar-refractivity contribution is 0.0598. The first-order valence-electron chi connectivity index (χ1n) is 12.1. The second-order valence-corrected chi connectivity index (χ2v) is 9.76. The van der Waals surface area contributed by atoms with Gasteiger partial charge < -0.3 is 9.84 Å². The first kappa shape index (κ1) is 21.3. The Morgan fingerprint density at radius 3 is 2.28 bits per heavy atom. The van der Waals surface area contributed by atoms with Crippen molar-refractivity contribution in [2.24, 2.45) is 5.92 Å². The molecule has 2 aromatic carbocycles. The van der Waals surface area contributed by atoms with Crippen molar-refractivity contribution in [1.29, 1.82) is 5.26 Å². The van der Waals surface area contributed by atoms with E-state index in [1.165, 1.54) is 45.3 Å². The molecule has 0 radical (unpaired) electrons. The molecular weight excluding hydrogens is 398 g/mol. The third kappa shape index (κ3) is 5.09. The first-order chi connectivity index (χ1) is 15.7. The lowest BCUT2D eigenvalue weighted by Crippen LogP contribution is -2.54. The number of fused-ring (bicyclic) bond motifs is 2. The lowest BCUT2D eigenvalue weighted by Gasteiger charge is -2.41. The number of phenolic OH excluding ortho intramolecular Hbond substituents is 1. The van der Waals surface area contributed by atoms with Gasteiger partial charge in [-0.05, 0) is 92.9 Å². The van der Waals surface area contributed by atoms with Crippen molar-refractivity contribution in [1.82, 2.24) is 9.80 Å². The average Bonchev–Trinajstić information content (AvgIpc) is 3.59. The molecule has 0 aromatic heterocycles. The van der Waals surface area contributed by atoms with Crippen molar-refractivity contribution in [2.75, 3.05) is 26.2 Å². The van der Waals surface area contributed by atoms with Gasteiger partial charge in [0, 0.05) is 31.7 Å². The zero-order valence-electron chi connectivity index (χ0n) is 18.7. The minimum Gasteiger partial charge on any atom is -0.508 e. The Morgan fingerprint density at radius 2 is 1.66 bits per heavy atom. The number of hydrogen-bond donors (Lipinski definition) is 1. The summed E-state index contributed by atoms with van der Waals surface area (Å²) in [6, 6.07) is 18.3. The summed E-state index contributed by atoms with van der Waals surface area (Å²) in [5.41, 5.74) is 1.76. The fraction of sp³-hybridized carbons (Fsp3) is 0.519. The van der Waals surface area contributed by atoms with Crippen LogP contribution in [0.15, 0.2) is 48.5 Å². The number of hydrogen-bond acceptors (Lipinski definition) is 5. The van der Waals surface area contributed by atoms with Gasteiger partial charge in [0.05, 0.1) is 11.6 Å². The van der Waals surface area contributed by atoms with E-state index in [0.29, 0.717) is 5.56 Å². The minimum absolute atomic E-state index is 0.0684. The van der Waals surface area contributed by atoms with Crippen LogP contribution >= 0.6 is 0 Å². The number of nitriles is 1. The maximum atomic E-state index is 9.58. The molecule has 2 aromatic rings. The van der Waals surface area contributed by atoms with E-state index in [-0.39, 0.29) is 11.9 Å². The highest BCUT2D eigenvalue weighted by molar-refractivity contribution is 5.34. The van der Waals surface area contributed by atoms with Crippen LogP contribution in [0.5, 0.6) is 11.5 Å². The summed E-state index contributed by atoms with van der Waals surface area (Å²) in [5, 5.41) is 18.7. The number of aromatic hydroxyl groups is 1. The fourth-order valence-corrected chi connectivity index (χ4v) is 5.47. The summed E-state index contributed by atoms with van der Waals surface area (Å²) >= 11 is 0. The van der Waals surface area contributed by atoms with Crippen LogP contribution in [-0.2, 0) is 0 Å². The third-order valence-corrected chi connectivity index (χ3v) is 7.33. The Balaban J connectivity index is 1.20. The van der Waals surface area contributed by atoms with Gasteiger partial charge in [-0.2, -0.15) is 5.26 Å². The lowest BCUT2D eigenvalue weighted by atomic mass is 10.0. The second-order valence-electron chi connectivity index (χ2n) is 9.76. The Labute approximate surface area is 191 Å². The number of piperazine rings is 1. The van der Waals surface area contributed by atoms with Crippen molar-refractivity contribution in [3.8, 4) is 17.6 Å². The van der Waals surface area contributed by atoms with Crippen LogP contribution in [0.1, 0.15) is 55.8 Å². The topological polar surface area (TPSA) is 59.7 Å². The van der Waals surface area contributed by atoms with E-state index in [4.69, 9.17) is 10.00 Å². The maximum Gasteiger partial charge on any atom is 0.124 e. The van der Waals surface area contributed by atoms with Crippen LogP contribution in [-0.4, -0.2) is 53.2 Å². The fourth-order valence-electron chi connectivity index (χ4n) is 5.47. The monoisotopic (exact) mass is 431 g/mol. The molecule has 168 valence electrons. The molecule has 3 unspecified atom stereocenters. The van der Waals surface area contributed by atoms with E-state index in [1.807, 2.05) is 36.4 Å². The molecule has 1 aliphatic carbocycles. The predicted octanol–water partition coefficient (Wildman–Crippen LogP) is 4.72. The van der Waals surface area contributed by atoms with Gasteiger partial charge >= 0.3 is 0 Å². The van der Waals surface area contributed by atoms with Crippen LogP contribution in [0.3, 0.4) is 0 Å². The summed E-state index contributed by atoms with van der Waals surface area (Å²) in [4.78, 5) is 5.49.